The highest BCUT2D eigenvalue weighted by molar-refractivity contribution is 5.96. The molecule has 4 aromatic rings. The van der Waals surface area contributed by atoms with Gasteiger partial charge in [0, 0.05) is 49.8 Å². The highest BCUT2D eigenvalue weighted by Gasteiger charge is 2.39. The van der Waals surface area contributed by atoms with Crippen LogP contribution >= 0.6 is 0 Å². The largest absolute Gasteiger partial charge is 0.399 e. The maximum absolute atomic E-state index is 14.3. The van der Waals surface area contributed by atoms with Crippen molar-refractivity contribution in [1.82, 2.24) is 46.8 Å². The van der Waals surface area contributed by atoms with Gasteiger partial charge < -0.3 is 64.1 Å². The second-order valence-corrected chi connectivity index (χ2v) is 21.5. The van der Waals surface area contributed by atoms with Gasteiger partial charge in [-0.05, 0) is 72.3 Å². The number of aromatic amines is 1. The van der Waals surface area contributed by atoms with Crippen LogP contribution in [-0.2, 0) is 64.0 Å². The fraction of sp³-hybridized carbons (Fsp3) is 0.491. The van der Waals surface area contributed by atoms with Crippen molar-refractivity contribution in [2.75, 3.05) is 12.3 Å². The van der Waals surface area contributed by atoms with Crippen LogP contribution in [0.3, 0.4) is 0 Å². The van der Waals surface area contributed by atoms with Crippen molar-refractivity contribution in [1.29, 1.82) is 0 Å². The van der Waals surface area contributed by atoms with E-state index in [1.807, 2.05) is 33.8 Å². The number of likely N-dealkylation sites (tertiary alicyclic amines) is 1. The maximum Gasteiger partial charge on any atom is 0.243 e. The normalized spacial score (nSPS) is 16.4. The number of nitrogen functional groups attached to an aromatic ring is 1. The molecule has 0 unspecified atom stereocenters. The number of anilines is 1. The second kappa shape index (κ2) is 29.8. The quantitative estimate of drug-likeness (QED) is 0.0345. The van der Waals surface area contributed by atoms with E-state index in [-0.39, 0.29) is 50.4 Å². The van der Waals surface area contributed by atoms with Crippen molar-refractivity contribution in [2.45, 2.75) is 154 Å². The van der Waals surface area contributed by atoms with Crippen LogP contribution in [-0.4, -0.2) is 128 Å². The third-order valence-electron chi connectivity index (χ3n) is 13.6. The van der Waals surface area contributed by atoms with Crippen LogP contribution in [0.1, 0.15) is 96.0 Å². The smallest absolute Gasteiger partial charge is 0.243 e. The molecule has 1 fully saturated rings. The van der Waals surface area contributed by atoms with Gasteiger partial charge in [0.15, 0.2) is 0 Å². The van der Waals surface area contributed by atoms with E-state index >= 15 is 0 Å². The summed E-state index contributed by atoms with van der Waals surface area (Å²) in [5.74, 6) is -5.79. The monoisotopic (exact) mass is 1080 g/mol. The molecule has 2 heterocycles. The minimum Gasteiger partial charge on any atom is -0.399 e. The zero-order valence-corrected chi connectivity index (χ0v) is 45.6. The lowest BCUT2D eigenvalue weighted by molar-refractivity contribution is -0.140. The Balaban J connectivity index is 1.27. The molecule has 5 rings (SSSR count). The van der Waals surface area contributed by atoms with Crippen molar-refractivity contribution >= 4 is 52.9 Å². The highest BCUT2D eigenvalue weighted by Crippen LogP contribution is 2.21. The zero-order chi connectivity index (χ0) is 57.1. The van der Waals surface area contributed by atoms with E-state index in [1.54, 1.807) is 98.9 Å². The van der Waals surface area contributed by atoms with Gasteiger partial charge in [0.1, 0.15) is 36.3 Å². The summed E-state index contributed by atoms with van der Waals surface area (Å²) in [5.41, 5.74) is 21.2. The Hall–Kier alpha value is -7.65. The molecule has 14 N–H and O–H groups in total. The standard InChI is InChI=1S/C57H80N12O9/c1-33(2)24-42(48(70)30-49(71)63-44(25-34(3)4)52(73)66-45(27-36-14-9-7-10-15-36)53(74)65-43(51(60)72)26-38-19-21-39(58)22-20-38)64-56(77)50(35(5)6)68-54(75)46(28-37-16-11-8-12-17-37)67-55(76)47-18-13-23-69(47)57(78)41(59)29-40-31-61-32-62-40/h7-12,14-17,19-22,31-35,41-48,50,70H,13,18,23-30,58-59H2,1-6H3,(H2,60,72)(H,61,62)(H,63,71)(H,64,77)(H,65,74)(H,66,73)(H,67,76)(H,68,75)/t41-,42-,43-,44-,45-,46-,47-,48-,50-/m0/s1. The third kappa shape index (κ3) is 19.1. The number of nitrogens with two attached hydrogens (primary N) is 3. The number of carbonyl (C=O) groups excluding carboxylic acids is 8. The Morgan fingerprint density at radius 3 is 1.74 bits per heavy atom. The summed E-state index contributed by atoms with van der Waals surface area (Å²) in [5, 5.41) is 28.5. The van der Waals surface area contributed by atoms with E-state index in [0.717, 1.165) is 5.56 Å². The minimum absolute atomic E-state index is 0.0365. The number of rotatable bonds is 29. The summed E-state index contributed by atoms with van der Waals surface area (Å²) in [4.78, 5) is 119. The number of nitrogens with one attached hydrogen (secondary N) is 7. The van der Waals surface area contributed by atoms with Crippen molar-refractivity contribution in [3.63, 3.8) is 0 Å². The van der Waals surface area contributed by atoms with Crippen molar-refractivity contribution in [3.8, 4) is 0 Å². The lowest BCUT2D eigenvalue weighted by Crippen LogP contribution is -2.60. The van der Waals surface area contributed by atoms with Crippen LogP contribution in [0.5, 0.6) is 0 Å². The molecule has 0 spiro atoms. The first-order valence-corrected chi connectivity index (χ1v) is 26.8. The van der Waals surface area contributed by atoms with Gasteiger partial charge in [0.05, 0.1) is 30.9 Å². The fourth-order valence-electron chi connectivity index (χ4n) is 9.45. The van der Waals surface area contributed by atoms with Gasteiger partial charge >= 0.3 is 0 Å². The summed E-state index contributed by atoms with van der Waals surface area (Å²) in [7, 11) is 0. The third-order valence-corrected chi connectivity index (χ3v) is 13.6. The predicted molar refractivity (Wildman–Crippen MR) is 295 cm³/mol. The van der Waals surface area contributed by atoms with Gasteiger partial charge in [-0.15, -0.1) is 0 Å². The molecule has 0 bridgehead atoms. The molecule has 1 saturated heterocycles. The molecule has 1 aromatic heterocycles. The number of aliphatic hydroxyl groups is 1. The molecule has 3 aromatic carbocycles. The van der Waals surface area contributed by atoms with Crippen molar-refractivity contribution in [3.05, 3.63) is 120 Å². The summed E-state index contributed by atoms with van der Waals surface area (Å²) in [6, 6.07) is 16.1. The van der Waals surface area contributed by atoms with Crippen LogP contribution in [0, 0.1) is 17.8 Å². The second-order valence-electron chi connectivity index (χ2n) is 21.5. The van der Waals surface area contributed by atoms with Crippen LogP contribution in [0.2, 0.25) is 0 Å². The first kappa shape index (κ1) is 61.2. The average molecular weight is 1080 g/mol. The number of amides is 8. The van der Waals surface area contributed by atoms with E-state index in [2.05, 4.69) is 41.9 Å². The number of benzene rings is 3. The van der Waals surface area contributed by atoms with Crippen LogP contribution < -0.4 is 49.1 Å². The van der Waals surface area contributed by atoms with Crippen LogP contribution in [0.15, 0.2) is 97.5 Å². The molecule has 0 saturated carbocycles. The number of primary amides is 1. The van der Waals surface area contributed by atoms with Gasteiger partial charge in [0.25, 0.3) is 0 Å². The number of nitrogens with zero attached hydrogens (tertiary/aromatic N) is 2. The molecule has 422 valence electrons. The van der Waals surface area contributed by atoms with E-state index in [4.69, 9.17) is 17.2 Å². The SMILES string of the molecule is CC(C)C[C@H](NC(=O)C[C@H](O)[C@H](CC(C)C)NC(=O)[C@@H](NC(=O)[C@H](Cc1ccccc1)NC(=O)[C@@H]1CCCN1C(=O)[C@@H](N)Cc1cnc[nH]1)C(C)C)C(=O)N[C@@H](Cc1ccccc1)C(=O)N[C@@H](Cc1ccc(N)cc1)C(N)=O. The molecular formula is C57H80N12O9. The summed E-state index contributed by atoms with van der Waals surface area (Å²) in [6.45, 7) is 11.2. The van der Waals surface area contributed by atoms with E-state index in [0.29, 0.717) is 41.9 Å². The Morgan fingerprint density at radius 1 is 0.654 bits per heavy atom. The van der Waals surface area contributed by atoms with Gasteiger partial charge in [0.2, 0.25) is 47.3 Å². The summed E-state index contributed by atoms with van der Waals surface area (Å²) >= 11 is 0. The molecule has 1 aliphatic rings. The molecule has 9 atom stereocenters. The number of aliphatic hydroxyl groups excluding tert-OH is 1. The van der Waals surface area contributed by atoms with Gasteiger partial charge in [-0.1, -0.05) is 114 Å². The average Bonchev–Trinajstić information content (AvgIpc) is 4.11. The molecule has 78 heavy (non-hydrogen) atoms. The number of carbonyl (C=O) groups is 8. The number of H-pyrrole nitrogens is 1. The van der Waals surface area contributed by atoms with Crippen molar-refractivity contribution < 1.29 is 43.5 Å². The van der Waals surface area contributed by atoms with Gasteiger partial charge in [-0.3, -0.25) is 38.4 Å². The highest BCUT2D eigenvalue weighted by atomic mass is 16.3. The van der Waals surface area contributed by atoms with E-state index < -0.39 is 114 Å². The van der Waals surface area contributed by atoms with E-state index in [1.165, 1.54) is 11.2 Å². The van der Waals surface area contributed by atoms with Crippen LogP contribution in [0.4, 0.5) is 5.69 Å². The molecule has 1 aliphatic heterocycles. The van der Waals surface area contributed by atoms with E-state index in [9.17, 15) is 43.5 Å². The van der Waals surface area contributed by atoms with Crippen molar-refractivity contribution in [2.24, 2.45) is 29.2 Å². The fourth-order valence-corrected chi connectivity index (χ4v) is 9.45. The first-order chi connectivity index (χ1) is 37.1. The number of aromatic nitrogens is 2. The molecule has 21 heteroatoms. The maximum atomic E-state index is 14.3. The number of hydrogen-bond donors (Lipinski definition) is 11. The molecule has 0 radical (unpaired) electrons. The molecular weight excluding hydrogens is 997 g/mol. The van der Waals surface area contributed by atoms with Gasteiger partial charge in [-0.25, -0.2) is 4.98 Å². The summed E-state index contributed by atoms with van der Waals surface area (Å²) < 4.78 is 0. The predicted octanol–water partition coefficient (Wildman–Crippen LogP) is 1.47. The zero-order valence-electron chi connectivity index (χ0n) is 45.6. The number of hydrogen-bond acceptors (Lipinski definition) is 12. The van der Waals surface area contributed by atoms with Crippen LogP contribution in [0.25, 0.3) is 0 Å². The summed E-state index contributed by atoms with van der Waals surface area (Å²) in [6.07, 6.45) is 2.72. The first-order valence-electron chi connectivity index (χ1n) is 26.8. The topological polar surface area (TPSA) is 339 Å². The molecule has 0 aliphatic carbocycles. The minimum atomic E-state index is -1.46. The Labute approximate surface area is 456 Å². The Bertz CT molecular complexity index is 2600. The van der Waals surface area contributed by atoms with Gasteiger partial charge in [-0.2, -0.15) is 0 Å². The molecule has 21 nitrogen and oxygen atoms in total. The lowest BCUT2D eigenvalue weighted by atomic mass is 9.95. The lowest BCUT2D eigenvalue weighted by Gasteiger charge is -2.31. The molecule has 8 amide bonds. The number of imidazole rings is 1. The Kier molecular flexibility index (Phi) is 23.3. The Morgan fingerprint density at radius 2 is 1.19 bits per heavy atom.